The number of nitrogens with two attached hydrogens (primary N) is 2. The summed E-state index contributed by atoms with van der Waals surface area (Å²) in [5, 5.41) is 11.4. The van der Waals surface area contributed by atoms with Crippen molar-refractivity contribution in [1.29, 1.82) is 0 Å². The summed E-state index contributed by atoms with van der Waals surface area (Å²) >= 11 is 0. The van der Waals surface area contributed by atoms with Crippen LogP contribution in [0.3, 0.4) is 0 Å². The number of anilines is 2. The molecule has 0 radical (unpaired) electrons. The van der Waals surface area contributed by atoms with Crippen molar-refractivity contribution in [3.8, 4) is 0 Å². The fraction of sp³-hybridized carbons (Fsp3) is 0.0909. The van der Waals surface area contributed by atoms with Gasteiger partial charge in [-0.2, -0.15) is 5.10 Å². The average molecular weight is 295 g/mol. The van der Waals surface area contributed by atoms with Gasteiger partial charge in [-0.15, -0.1) is 0 Å². The minimum atomic E-state index is -3.82. The van der Waals surface area contributed by atoms with E-state index in [0.717, 1.165) is 0 Å². The normalized spacial score (nSPS) is 11.3. The Hall–Kier alpha value is -2.39. The number of hydrogen-bond acceptors (Lipinski definition) is 5. The largest absolute Gasteiger partial charge is 0.383 e. The molecule has 8 nitrogen and oxygen atoms in total. The number of rotatable bonds is 3. The van der Waals surface area contributed by atoms with Crippen molar-refractivity contribution < 1.29 is 13.2 Å². The second-order valence-corrected chi connectivity index (χ2v) is 5.66. The average Bonchev–Trinajstić information content (AvgIpc) is 2.69. The molecule has 1 aromatic heterocycles. The predicted molar refractivity (Wildman–Crippen MR) is 73.4 cm³/mol. The Bertz CT molecular complexity index is 766. The Morgan fingerprint density at radius 1 is 1.40 bits per heavy atom. The highest BCUT2D eigenvalue weighted by Crippen LogP contribution is 2.16. The lowest BCUT2D eigenvalue weighted by molar-refractivity contribution is 0.102. The second-order valence-electron chi connectivity index (χ2n) is 4.09. The fourth-order valence-electron chi connectivity index (χ4n) is 1.57. The topological polar surface area (TPSA) is 133 Å². The molecule has 2 rings (SSSR count). The zero-order chi connectivity index (χ0) is 14.9. The maximum Gasteiger partial charge on any atom is 0.261 e. The molecular formula is C11H13N5O3S. The SMILES string of the molecule is Cn1ncc(C(=O)Nc2cccc(S(N)(=O)=O)c2)c1N. The Labute approximate surface area is 115 Å². The Morgan fingerprint density at radius 2 is 2.10 bits per heavy atom. The number of aromatic nitrogens is 2. The monoisotopic (exact) mass is 295 g/mol. The lowest BCUT2D eigenvalue weighted by Gasteiger charge is -2.06. The fourth-order valence-corrected chi connectivity index (χ4v) is 2.13. The predicted octanol–water partition coefficient (Wildman–Crippen LogP) is -0.0980. The van der Waals surface area contributed by atoms with Gasteiger partial charge in [0.1, 0.15) is 11.4 Å². The first-order valence-electron chi connectivity index (χ1n) is 5.51. The van der Waals surface area contributed by atoms with Crippen LogP contribution in [-0.4, -0.2) is 24.1 Å². The van der Waals surface area contributed by atoms with E-state index in [0.29, 0.717) is 5.69 Å². The van der Waals surface area contributed by atoms with Gasteiger partial charge in [-0.05, 0) is 18.2 Å². The highest BCUT2D eigenvalue weighted by molar-refractivity contribution is 7.89. The number of sulfonamides is 1. The molecule has 0 bridgehead atoms. The smallest absolute Gasteiger partial charge is 0.261 e. The molecule has 1 amide bonds. The molecule has 0 atom stereocenters. The molecule has 1 heterocycles. The number of nitrogen functional groups attached to an aromatic ring is 1. The van der Waals surface area contributed by atoms with Crippen molar-refractivity contribution in [3.63, 3.8) is 0 Å². The lowest BCUT2D eigenvalue weighted by Crippen LogP contribution is -2.15. The van der Waals surface area contributed by atoms with Gasteiger partial charge < -0.3 is 11.1 Å². The molecule has 1 aromatic carbocycles. The molecule has 0 fully saturated rings. The van der Waals surface area contributed by atoms with Gasteiger partial charge in [0.2, 0.25) is 10.0 Å². The molecule has 20 heavy (non-hydrogen) atoms. The number of carbonyl (C=O) groups excluding carboxylic acids is 1. The Balaban J connectivity index is 2.27. The first-order chi connectivity index (χ1) is 9.29. The molecule has 2 aromatic rings. The van der Waals surface area contributed by atoms with E-state index < -0.39 is 15.9 Å². The van der Waals surface area contributed by atoms with Crippen LogP contribution in [-0.2, 0) is 17.1 Å². The van der Waals surface area contributed by atoms with Crippen LogP contribution in [0, 0.1) is 0 Å². The zero-order valence-electron chi connectivity index (χ0n) is 10.6. The van der Waals surface area contributed by atoms with Crippen LogP contribution in [0.4, 0.5) is 11.5 Å². The van der Waals surface area contributed by atoms with Crippen molar-refractivity contribution in [2.75, 3.05) is 11.1 Å². The summed E-state index contributed by atoms with van der Waals surface area (Å²) in [6.07, 6.45) is 1.33. The summed E-state index contributed by atoms with van der Waals surface area (Å²) in [4.78, 5) is 11.9. The Morgan fingerprint density at radius 3 is 2.65 bits per heavy atom. The number of aryl methyl sites for hydroxylation is 1. The molecule has 0 spiro atoms. The van der Waals surface area contributed by atoms with E-state index in [4.69, 9.17) is 10.9 Å². The number of nitrogens with one attached hydrogen (secondary N) is 1. The summed E-state index contributed by atoms with van der Waals surface area (Å²) in [6, 6.07) is 5.62. The molecule has 0 aliphatic carbocycles. The van der Waals surface area contributed by atoms with Gasteiger partial charge in [-0.25, -0.2) is 13.6 Å². The molecule has 5 N–H and O–H groups in total. The third-order valence-corrected chi connectivity index (χ3v) is 3.56. The molecule has 106 valence electrons. The van der Waals surface area contributed by atoms with E-state index in [1.54, 1.807) is 13.1 Å². The quantitative estimate of drug-likeness (QED) is 0.727. The maximum absolute atomic E-state index is 12.0. The van der Waals surface area contributed by atoms with Crippen LogP contribution in [0.5, 0.6) is 0 Å². The first-order valence-corrected chi connectivity index (χ1v) is 7.05. The van der Waals surface area contributed by atoms with Crippen molar-refractivity contribution in [1.82, 2.24) is 9.78 Å². The summed E-state index contributed by atoms with van der Waals surface area (Å²) in [6.45, 7) is 0. The van der Waals surface area contributed by atoms with Gasteiger partial charge in [0.15, 0.2) is 0 Å². The third kappa shape index (κ3) is 2.78. The molecular weight excluding hydrogens is 282 g/mol. The standard InChI is InChI=1S/C11H13N5O3S/c1-16-10(12)9(6-14-16)11(17)15-7-3-2-4-8(5-7)20(13,18)19/h2-6H,12H2,1H3,(H,15,17)(H2,13,18,19). The molecule has 9 heteroatoms. The Kier molecular flexibility index (Phi) is 3.47. The number of amides is 1. The van der Waals surface area contributed by atoms with Crippen LogP contribution in [0.2, 0.25) is 0 Å². The van der Waals surface area contributed by atoms with Crippen LogP contribution in [0.1, 0.15) is 10.4 Å². The van der Waals surface area contributed by atoms with Crippen LogP contribution in [0.15, 0.2) is 35.4 Å². The van der Waals surface area contributed by atoms with E-state index in [1.807, 2.05) is 0 Å². The minimum absolute atomic E-state index is 0.0885. The first kappa shape index (κ1) is 14.0. The molecule has 0 unspecified atom stereocenters. The summed E-state index contributed by atoms with van der Waals surface area (Å²) in [5.41, 5.74) is 6.18. The van der Waals surface area contributed by atoms with Gasteiger partial charge in [-0.1, -0.05) is 6.07 Å². The van der Waals surface area contributed by atoms with Crippen LogP contribution in [0.25, 0.3) is 0 Å². The molecule has 0 saturated carbocycles. The van der Waals surface area contributed by atoms with Crippen molar-refractivity contribution in [3.05, 3.63) is 36.0 Å². The second kappa shape index (κ2) is 4.94. The van der Waals surface area contributed by atoms with Crippen molar-refractivity contribution in [2.45, 2.75) is 4.90 Å². The molecule has 0 aliphatic heterocycles. The van der Waals surface area contributed by atoms with E-state index in [9.17, 15) is 13.2 Å². The lowest BCUT2D eigenvalue weighted by atomic mass is 10.2. The van der Waals surface area contributed by atoms with Gasteiger partial charge >= 0.3 is 0 Å². The molecule has 0 saturated heterocycles. The number of benzene rings is 1. The van der Waals surface area contributed by atoms with Gasteiger partial charge in [0.25, 0.3) is 5.91 Å². The van der Waals surface area contributed by atoms with Gasteiger partial charge in [-0.3, -0.25) is 9.48 Å². The summed E-state index contributed by atoms with van der Waals surface area (Å²) < 4.78 is 23.8. The number of primary sulfonamides is 1. The zero-order valence-corrected chi connectivity index (χ0v) is 11.4. The minimum Gasteiger partial charge on any atom is -0.383 e. The van der Waals surface area contributed by atoms with Gasteiger partial charge in [0.05, 0.1) is 11.1 Å². The number of hydrogen-bond donors (Lipinski definition) is 3. The van der Waals surface area contributed by atoms with E-state index in [1.165, 1.54) is 29.1 Å². The van der Waals surface area contributed by atoms with Crippen molar-refractivity contribution >= 4 is 27.4 Å². The number of carbonyl (C=O) groups is 1. The van der Waals surface area contributed by atoms with E-state index in [2.05, 4.69) is 10.4 Å². The maximum atomic E-state index is 12.0. The summed E-state index contributed by atoms with van der Waals surface area (Å²) in [7, 11) is -2.22. The van der Waals surface area contributed by atoms with Gasteiger partial charge in [0, 0.05) is 12.7 Å². The highest BCUT2D eigenvalue weighted by atomic mass is 32.2. The van der Waals surface area contributed by atoms with E-state index >= 15 is 0 Å². The van der Waals surface area contributed by atoms with Crippen LogP contribution >= 0.6 is 0 Å². The molecule has 0 aliphatic rings. The van der Waals surface area contributed by atoms with Crippen molar-refractivity contribution in [2.24, 2.45) is 12.2 Å². The highest BCUT2D eigenvalue weighted by Gasteiger charge is 2.15. The van der Waals surface area contributed by atoms with Crippen LogP contribution < -0.4 is 16.2 Å². The summed E-state index contributed by atoms with van der Waals surface area (Å²) in [5.74, 6) is -0.271. The number of nitrogens with zero attached hydrogens (tertiary/aromatic N) is 2. The van der Waals surface area contributed by atoms with E-state index in [-0.39, 0.29) is 16.3 Å². The third-order valence-electron chi connectivity index (χ3n) is 2.65.